The molecule has 0 bridgehead atoms. The smallest absolute Gasteiger partial charge is 0.413 e. The highest BCUT2D eigenvalue weighted by Gasteiger charge is 2.17. The van der Waals surface area contributed by atoms with E-state index in [9.17, 15) is 9.59 Å². The van der Waals surface area contributed by atoms with E-state index in [1.807, 2.05) is 0 Å². The zero-order valence-electron chi connectivity index (χ0n) is 11.9. The zero-order valence-corrected chi connectivity index (χ0v) is 11.9. The van der Waals surface area contributed by atoms with Gasteiger partial charge in [-0.3, -0.25) is 5.32 Å². The van der Waals surface area contributed by atoms with Gasteiger partial charge in [0.1, 0.15) is 11.4 Å². The third kappa shape index (κ3) is 5.51. The van der Waals surface area contributed by atoms with Crippen molar-refractivity contribution in [2.45, 2.75) is 33.3 Å². The third-order valence-electron chi connectivity index (χ3n) is 2.14. The Hall–Kier alpha value is -2.37. The average molecular weight is 278 g/mol. The molecule has 1 heterocycles. The largest absolute Gasteiger partial charge is 0.478 e. The zero-order chi connectivity index (χ0) is 15.3. The molecule has 6 heteroatoms. The van der Waals surface area contributed by atoms with Gasteiger partial charge in [0.2, 0.25) is 0 Å². The van der Waals surface area contributed by atoms with Crippen molar-refractivity contribution in [1.29, 1.82) is 0 Å². The summed E-state index contributed by atoms with van der Waals surface area (Å²) in [6, 6.07) is 1.72. The summed E-state index contributed by atoms with van der Waals surface area (Å²) < 4.78 is 5.12. The number of nitrogens with zero attached hydrogens (tertiary/aromatic N) is 1. The van der Waals surface area contributed by atoms with E-state index in [4.69, 9.17) is 9.84 Å². The van der Waals surface area contributed by atoms with Crippen molar-refractivity contribution in [3.05, 3.63) is 29.5 Å². The van der Waals surface area contributed by atoms with E-state index in [0.29, 0.717) is 16.9 Å². The fourth-order valence-corrected chi connectivity index (χ4v) is 1.39. The lowest BCUT2D eigenvalue weighted by Crippen LogP contribution is -2.27. The number of amides is 1. The first-order valence-electron chi connectivity index (χ1n) is 6.05. The van der Waals surface area contributed by atoms with Crippen LogP contribution in [0, 0.1) is 6.92 Å². The molecule has 0 spiro atoms. The van der Waals surface area contributed by atoms with Gasteiger partial charge in [-0.15, -0.1) is 0 Å². The van der Waals surface area contributed by atoms with Crippen molar-refractivity contribution in [3.63, 3.8) is 0 Å². The number of pyridine rings is 1. The van der Waals surface area contributed by atoms with E-state index in [0.717, 1.165) is 6.08 Å². The monoisotopic (exact) mass is 278 g/mol. The summed E-state index contributed by atoms with van der Waals surface area (Å²) >= 11 is 0. The van der Waals surface area contributed by atoms with Gasteiger partial charge < -0.3 is 9.84 Å². The Balaban J connectivity index is 2.78. The molecule has 20 heavy (non-hydrogen) atoms. The minimum absolute atomic E-state index is 0.381. The number of nitrogens with one attached hydrogen (secondary N) is 1. The highest BCUT2D eigenvalue weighted by atomic mass is 16.6. The van der Waals surface area contributed by atoms with Crippen LogP contribution in [-0.4, -0.2) is 27.8 Å². The van der Waals surface area contributed by atoms with Crippen molar-refractivity contribution in [3.8, 4) is 0 Å². The molecule has 1 amide bonds. The number of aliphatic carboxylic acids is 1. The maximum Gasteiger partial charge on any atom is 0.413 e. The SMILES string of the molecule is Cc1cc(/C=C/C(=O)O)cnc1NC(=O)OC(C)(C)C. The molecule has 0 unspecified atom stereocenters. The quantitative estimate of drug-likeness (QED) is 0.830. The Morgan fingerprint density at radius 2 is 2.05 bits per heavy atom. The number of aryl methyl sites for hydroxylation is 1. The van der Waals surface area contributed by atoms with E-state index < -0.39 is 17.7 Å². The van der Waals surface area contributed by atoms with Crippen LogP contribution in [-0.2, 0) is 9.53 Å². The predicted octanol–water partition coefficient (Wildman–Crippen LogP) is 2.83. The van der Waals surface area contributed by atoms with Gasteiger partial charge in [0, 0.05) is 12.3 Å². The first kappa shape index (κ1) is 15.7. The van der Waals surface area contributed by atoms with Gasteiger partial charge in [0.05, 0.1) is 0 Å². The molecule has 108 valence electrons. The molecular formula is C14H18N2O4. The number of rotatable bonds is 3. The first-order chi connectivity index (χ1) is 9.17. The van der Waals surface area contributed by atoms with Crippen LogP contribution in [0.4, 0.5) is 10.6 Å². The predicted molar refractivity (Wildman–Crippen MR) is 75.5 cm³/mol. The summed E-state index contributed by atoms with van der Waals surface area (Å²) in [6.45, 7) is 7.07. The number of carbonyl (C=O) groups is 2. The van der Waals surface area contributed by atoms with E-state index in [1.54, 1.807) is 33.8 Å². The molecule has 1 aromatic rings. The second-order valence-corrected chi connectivity index (χ2v) is 5.23. The van der Waals surface area contributed by atoms with Crippen LogP contribution >= 0.6 is 0 Å². The highest BCUT2D eigenvalue weighted by molar-refractivity contribution is 5.86. The number of hydrogen-bond donors (Lipinski definition) is 2. The van der Waals surface area contributed by atoms with E-state index in [2.05, 4.69) is 10.3 Å². The van der Waals surface area contributed by atoms with Gasteiger partial charge in [-0.1, -0.05) is 0 Å². The molecule has 0 saturated carbocycles. The molecule has 0 aliphatic rings. The molecule has 0 aliphatic carbocycles. The third-order valence-corrected chi connectivity index (χ3v) is 2.14. The van der Waals surface area contributed by atoms with Crippen LogP contribution in [0.25, 0.3) is 6.08 Å². The van der Waals surface area contributed by atoms with Crippen molar-refractivity contribution < 1.29 is 19.4 Å². The van der Waals surface area contributed by atoms with E-state index in [1.165, 1.54) is 12.3 Å². The van der Waals surface area contributed by atoms with Crippen LogP contribution in [0.2, 0.25) is 0 Å². The molecule has 2 N–H and O–H groups in total. The van der Waals surface area contributed by atoms with Crippen molar-refractivity contribution >= 4 is 24.0 Å². The number of carbonyl (C=O) groups excluding carboxylic acids is 1. The van der Waals surface area contributed by atoms with Crippen LogP contribution in [0.1, 0.15) is 31.9 Å². The molecule has 0 aliphatic heterocycles. The van der Waals surface area contributed by atoms with Crippen molar-refractivity contribution in [1.82, 2.24) is 4.98 Å². The molecular weight excluding hydrogens is 260 g/mol. The molecule has 0 radical (unpaired) electrons. The second-order valence-electron chi connectivity index (χ2n) is 5.23. The van der Waals surface area contributed by atoms with Crippen molar-refractivity contribution in [2.75, 3.05) is 5.32 Å². The lowest BCUT2D eigenvalue weighted by molar-refractivity contribution is -0.131. The van der Waals surface area contributed by atoms with Crippen LogP contribution in [0.3, 0.4) is 0 Å². The number of ether oxygens (including phenoxy) is 1. The summed E-state index contributed by atoms with van der Waals surface area (Å²) in [6.07, 6.45) is 3.35. The van der Waals surface area contributed by atoms with Gasteiger partial charge in [-0.25, -0.2) is 14.6 Å². The number of hydrogen-bond acceptors (Lipinski definition) is 4. The lowest BCUT2D eigenvalue weighted by atomic mass is 10.2. The fraction of sp³-hybridized carbons (Fsp3) is 0.357. The molecule has 0 fully saturated rings. The topological polar surface area (TPSA) is 88.5 Å². The van der Waals surface area contributed by atoms with Gasteiger partial charge in [-0.05, 0) is 51.0 Å². The maximum absolute atomic E-state index is 11.6. The van der Waals surface area contributed by atoms with Crippen LogP contribution in [0.15, 0.2) is 18.3 Å². The second kappa shape index (κ2) is 6.18. The number of aromatic nitrogens is 1. The van der Waals surface area contributed by atoms with Gasteiger partial charge in [0.25, 0.3) is 0 Å². The van der Waals surface area contributed by atoms with Gasteiger partial charge in [-0.2, -0.15) is 0 Å². The minimum atomic E-state index is -1.03. The Bertz CT molecular complexity index is 545. The summed E-state index contributed by atoms with van der Waals surface area (Å²) in [5.41, 5.74) is 0.769. The maximum atomic E-state index is 11.6. The summed E-state index contributed by atoms with van der Waals surface area (Å²) in [5.74, 6) is -0.648. The van der Waals surface area contributed by atoms with Crippen LogP contribution in [0.5, 0.6) is 0 Å². The molecule has 0 atom stereocenters. The fourth-order valence-electron chi connectivity index (χ4n) is 1.39. The summed E-state index contributed by atoms with van der Waals surface area (Å²) in [4.78, 5) is 26.1. The number of carboxylic acid groups (broad SMARTS) is 1. The summed E-state index contributed by atoms with van der Waals surface area (Å²) in [7, 11) is 0. The van der Waals surface area contributed by atoms with Gasteiger partial charge in [0.15, 0.2) is 0 Å². The van der Waals surface area contributed by atoms with Crippen molar-refractivity contribution in [2.24, 2.45) is 0 Å². The normalized spacial score (nSPS) is 11.4. The molecule has 6 nitrogen and oxygen atoms in total. The Morgan fingerprint density at radius 3 is 2.55 bits per heavy atom. The Labute approximate surface area is 117 Å². The minimum Gasteiger partial charge on any atom is -0.478 e. The first-order valence-corrected chi connectivity index (χ1v) is 6.05. The standard InChI is InChI=1S/C14H18N2O4/c1-9-7-10(5-6-11(17)18)8-15-12(9)16-13(19)20-14(2,3)4/h5-8H,1-4H3,(H,17,18)(H,15,16,19)/b6-5+. The highest BCUT2D eigenvalue weighted by Crippen LogP contribution is 2.15. The van der Waals surface area contributed by atoms with E-state index in [-0.39, 0.29) is 0 Å². The Morgan fingerprint density at radius 1 is 1.40 bits per heavy atom. The number of carboxylic acids is 1. The number of anilines is 1. The molecule has 1 rings (SSSR count). The Kier molecular flexibility index (Phi) is 4.85. The summed E-state index contributed by atoms with van der Waals surface area (Å²) in [5, 5.41) is 11.1. The average Bonchev–Trinajstić information content (AvgIpc) is 2.27. The van der Waals surface area contributed by atoms with Gasteiger partial charge >= 0.3 is 12.1 Å². The molecule has 0 aromatic carbocycles. The lowest BCUT2D eigenvalue weighted by Gasteiger charge is -2.19. The molecule has 1 aromatic heterocycles. The van der Waals surface area contributed by atoms with Crippen LogP contribution < -0.4 is 5.32 Å². The molecule has 0 saturated heterocycles. The van der Waals surface area contributed by atoms with E-state index >= 15 is 0 Å².